The molecule has 0 spiro atoms. The minimum atomic E-state index is -0.107. The van der Waals surface area contributed by atoms with Crippen LogP contribution in [0.2, 0.25) is 0 Å². The van der Waals surface area contributed by atoms with Gasteiger partial charge in [-0.05, 0) is 47.8 Å². The van der Waals surface area contributed by atoms with Crippen LogP contribution in [0.3, 0.4) is 0 Å². The molecule has 180 valence electrons. The van der Waals surface area contributed by atoms with Crippen LogP contribution in [-0.4, -0.2) is 72.9 Å². The smallest absolute Gasteiger partial charge is 0.253 e. The highest BCUT2D eigenvalue weighted by molar-refractivity contribution is 7.80. The molecule has 0 amide bonds. The highest BCUT2D eigenvalue weighted by Gasteiger charge is 2.17. The molecule has 0 atom stereocenters. The van der Waals surface area contributed by atoms with Crippen molar-refractivity contribution in [1.82, 2.24) is 20.1 Å². The van der Waals surface area contributed by atoms with Gasteiger partial charge in [-0.15, -0.1) is 0 Å². The van der Waals surface area contributed by atoms with Crippen LogP contribution in [0.25, 0.3) is 10.9 Å². The van der Waals surface area contributed by atoms with Gasteiger partial charge in [0.25, 0.3) is 5.56 Å². The number of thiocarbonyl (C=S) groups is 1. The number of pyridine rings is 1. The van der Waals surface area contributed by atoms with Crippen LogP contribution in [0.5, 0.6) is 5.75 Å². The summed E-state index contributed by atoms with van der Waals surface area (Å²) in [5, 5.41) is 5.03. The van der Waals surface area contributed by atoms with Gasteiger partial charge in [0.15, 0.2) is 5.11 Å². The third-order valence-electron chi connectivity index (χ3n) is 6.10. The lowest BCUT2D eigenvalue weighted by Crippen LogP contribution is -2.46. The van der Waals surface area contributed by atoms with Gasteiger partial charge in [-0.1, -0.05) is 30.3 Å². The van der Waals surface area contributed by atoms with Crippen molar-refractivity contribution in [3.8, 4) is 5.75 Å². The Labute approximate surface area is 205 Å². The molecular formula is C26H32N4O3S. The average Bonchev–Trinajstić information content (AvgIpc) is 2.87. The number of benzene rings is 2. The molecule has 0 aliphatic carbocycles. The number of nitrogens with zero attached hydrogens (tertiary/aromatic N) is 2. The maximum absolute atomic E-state index is 12.9. The summed E-state index contributed by atoms with van der Waals surface area (Å²) in [5.41, 5.74) is 2.60. The van der Waals surface area contributed by atoms with Gasteiger partial charge in [-0.2, -0.15) is 0 Å². The molecule has 8 heteroatoms. The molecule has 0 unspecified atom stereocenters. The van der Waals surface area contributed by atoms with Gasteiger partial charge in [0.2, 0.25) is 0 Å². The first-order valence-corrected chi connectivity index (χ1v) is 12.1. The Bertz CT molecular complexity index is 1150. The number of H-pyrrole nitrogens is 1. The van der Waals surface area contributed by atoms with E-state index in [9.17, 15) is 4.79 Å². The number of ether oxygens (including phenoxy) is 2. The zero-order chi connectivity index (χ0) is 23.8. The molecule has 7 nitrogen and oxygen atoms in total. The van der Waals surface area contributed by atoms with Crippen molar-refractivity contribution >= 4 is 28.2 Å². The van der Waals surface area contributed by atoms with E-state index >= 15 is 0 Å². The van der Waals surface area contributed by atoms with E-state index in [1.165, 1.54) is 5.56 Å². The van der Waals surface area contributed by atoms with E-state index in [0.29, 0.717) is 23.0 Å². The van der Waals surface area contributed by atoms with Gasteiger partial charge >= 0.3 is 0 Å². The fraction of sp³-hybridized carbons (Fsp3) is 0.385. The second kappa shape index (κ2) is 12.0. The number of hydrogen-bond donors (Lipinski definition) is 2. The van der Waals surface area contributed by atoms with Crippen molar-refractivity contribution in [3.63, 3.8) is 0 Å². The molecule has 2 N–H and O–H groups in total. The van der Waals surface area contributed by atoms with E-state index in [4.69, 9.17) is 21.7 Å². The van der Waals surface area contributed by atoms with Crippen LogP contribution >= 0.6 is 12.2 Å². The summed E-state index contributed by atoms with van der Waals surface area (Å²) in [6.07, 6.45) is 0.886. The topological polar surface area (TPSA) is 69.8 Å². The summed E-state index contributed by atoms with van der Waals surface area (Å²) >= 11 is 5.77. The first-order valence-electron chi connectivity index (χ1n) is 11.7. The molecule has 3 aromatic rings. The molecule has 1 aliphatic rings. The Morgan fingerprint density at radius 2 is 1.97 bits per heavy atom. The molecule has 0 bridgehead atoms. The van der Waals surface area contributed by atoms with Gasteiger partial charge in [0, 0.05) is 44.4 Å². The molecule has 1 fully saturated rings. The highest BCUT2D eigenvalue weighted by Crippen LogP contribution is 2.19. The summed E-state index contributed by atoms with van der Waals surface area (Å²) in [5.74, 6) is 0.715. The van der Waals surface area contributed by atoms with Gasteiger partial charge in [-0.3, -0.25) is 9.69 Å². The Morgan fingerprint density at radius 3 is 2.74 bits per heavy atom. The van der Waals surface area contributed by atoms with Crippen molar-refractivity contribution < 1.29 is 9.47 Å². The summed E-state index contributed by atoms with van der Waals surface area (Å²) in [4.78, 5) is 20.3. The van der Waals surface area contributed by atoms with Gasteiger partial charge in [0.1, 0.15) is 5.75 Å². The summed E-state index contributed by atoms with van der Waals surface area (Å²) in [6, 6.07) is 18.0. The molecule has 4 rings (SSSR count). The predicted octanol–water partition coefficient (Wildman–Crippen LogP) is 2.79. The number of methoxy groups -OCH3 is 1. The fourth-order valence-corrected chi connectivity index (χ4v) is 4.34. The zero-order valence-corrected chi connectivity index (χ0v) is 20.4. The fourth-order valence-electron chi connectivity index (χ4n) is 4.08. The van der Waals surface area contributed by atoms with Gasteiger partial charge < -0.3 is 24.7 Å². The summed E-state index contributed by atoms with van der Waals surface area (Å²) in [6.45, 7) is 6.13. The lowest BCUT2D eigenvalue weighted by Gasteiger charge is -2.31. The minimum Gasteiger partial charge on any atom is -0.497 e. The summed E-state index contributed by atoms with van der Waals surface area (Å²) < 4.78 is 10.7. The molecule has 2 heterocycles. The molecule has 2 aromatic carbocycles. The lowest BCUT2D eigenvalue weighted by molar-refractivity contribution is 0.0357. The van der Waals surface area contributed by atoms with Gasteiger partial charge in [0.05, 0.1) is 32.4 Å². The highest BCUT2D eigenvalue weighted by atomic mass is 32.1. The first-order chi connectivity index (χ1) is 16.6. The van der Waals surface area contributed by atoms with E-state index in [-0.39, 0.29) is 5.56 Å². The maximum atomic E-state index is 12.9. The van der Waals surface area contributed by atoms with E-state index in [1.807, 2.05) is 42.5 Å². The van der Waals surface area contributed by atoms with Crippen molar-refractivity contribution in [1.29, 1.82) is 0 Å². The third-order valence-corrected chi connectivity index (χ3v) is 6.50. The molecular weight excluding hydrogens is 448 g/mol. The lowest BCUT2D eigenvalue weighted by atomic mass is 10.1. The predicted molar refractivity (Wildman–Crippen MR) is 140 cm³/mol. The minimum absolute atomic E-state index is 0.107. The number of morpholine rings is 1. The quantitative estimate of drug-likeness (QED) is 0.457. The molecule has 0 saturated carbocycles. The van der Waals surface area contributed by atoms with Crippen LogP contribution in [-0.2, 0) is 17.7 Å². The largest absolute Gasteiger partial charge is 0.497 e. The number of nitrogens with one attached hydrogen (secondary N) is 2. The van der Waals surface area contributed by atoms with Crippen molar-refractivity contribution in [2.75, 3.05) is 53.0 Å². The Balaban J connectivity index is 1.46. The van der Waals surface area contributed by atoms with E-state index < -0.39 is 0 Å². The van der Waals surface area contributed by atoms with Crippen LogP contribution in [0, 0.1) is 0 Å². The molecule has 1 aliphatic heterocycles. The van der Waals surface area contributed by atoms with Crippen LogP contribution in [0.15, 0.2) is 59.4 Å². The number of aromatic amines is 1. The van der Waals surface area contributed by atoms with E-state index in [2.05, 4.69) is 32.2 Å². The summed E-state index contributed by atoms with van der Waals surface area (Å²) in [7, 11) is 1.62. The Morgan fingerprint density at radius 1 is 1.18 bits per heavy atom. The Kier molecular flexibility index (Phi) is 8.51. The first kappa shape index (κ1) is 24.2. The average molecular weight is 481 g/mol. The van der Waals surface area contributed by atoms with Crippen LogP contribution in [0.4, 0.5) is 0 Å². The van der Waals surface area contributed by atoms with Crippen molar-refractivity contribution in [3.05, 3.63) is 76.1 Å². The SMILES string of the molecule is COc1ccc2cc(CN(CCN3CCOCC3)C(=S)NCCc3ccccc3)c(=O)[nH]c2c1. The molecule has 34 heavy (non-hydrogen) atoms. The Hall–Kier alpha value is -2.94. The van der Waals surface area contributed by atoms with Crippen molar-refractivity contribution in [2.24, 2.45) is 0 Å². The van der Waals surface area contributed by atoms with E-state index in [1.54, 1.807) is 7.11 Å². The number of fused-ring (bicyclic) bond motifs is 1. The van der Waals surface area contributed by atoms with Crippen LogP contribution < -0.4 is 15.6 Å². The monoisotopic (exact) mass is 480 g/mol. The number of hydrogen-bond acceptors (Lipinski definition) is 5. The molecule has 1 saturated heterocycles. The third kappa shape index (κ3) is 6.56. The second-order valence-electron chi connectivity index (χ2n) is 8.42. The molecule has 0 radical (unpaired) electrons. The molecule has 1 aromatic heterocycles. The number of rotatable bonds is 9. The number of aromatic nitrogens is 1. The normalized spacial score (nSPS) is 14.1. The zero-order valence-electron chi connectivity index (χ0n) is 19.6. The second-order valence-corrected chi connectivity index (χ2v) is 8.81. The maximum Gasteiger partial charge on any atom is 0.253 e. The van der Waals surface area contributed by atoms with Crippen LogP contribution in [0.1, 0.15) is 11.1 Å². The van der Waals surface area contributed by atoms with Gasteiger partial charge in [-0.25, -0.2) is 0 Å². The van der Waals surface area contributed by atoms with E-state index in [0.717, 1.165) is 63.3 Å². The standard InChI is InChI=1S/C26H32N4O3S/c1-32-23-8-7-21-17-22(25(31)28-24(21)18-23)19-30(12-11-29-13-15-33-16-14-29)26(34)27-10-9-20-5-3-2-4-6-20/h2-8,17-18H,9-16,19H2,1H3,(H,27,34)(H,28,31). The van der Waals surface area contributed by atoms with Crippen molar-refractivity contribution in [2.45, 2.75) is 13.0 Å².